The van der Waals surface area contributed by atoms with Crippen molar-refractivity contribution in [1.82, 2.24) is 4.31 Å². The minimum atomic E-state index is -3.67. The molecule has 0 unspecified atom stereocenters. The van der Waals surface area contributed by atoms with Gasteiger partial charge in [-0.15, -0.1) is 0 Å². The summed E-state index contributed by atoms with van der Waals surface area (Å²) in [7, 11) is -3.67. The standard InChI is InChI=1S/C22H24N2O6S/c1-17-5-7-18(8-6-17)9-10-22(26)30-16-21(25)23-19-3-2-4-20(15-19)31(27,28)24-11-13-29-14-12-24/h2-10,15H,11-14,16H2,1H3,(H,23,25)/b10-9+. The van der Waals surface area contributed by atoms with Gasteiger partial charge in [-0.3, -0.25) is 4.79 Å². The lowest BCUT2D eigenvalue weighted by molar-refractivity contribution is -0.142. The van der Waals surface area contributed by atoms with E-state index in [-0.39, 0.29) is 18.0 Å². The van der Waals surface area contributed by atoms with Crippen molar-refractivity contribution >= 4 is 33.7 Å². The highest BCUT2D eigenvalue weighted by Crippen LogP contribution is 2.20. The van der Waals surface area contributed by atoms with Crippen LogP contribution in [0, 0.1) is 6.92 Å². The van der Waals surface area contributed by atoms with Gasteiger partial charge in [0, 0.05) is 24.9 Å². The molecular formula is C22H24N2O6S. The van der Waals surface area contributed by atoms with E-state index in [1.165, 1.54) is 22.5 Å². The van der Waals surface area contributed by atoms with E-state index < -0.39 is 28.5 Å². The van der Waals surface area contributed by atoms with Crippen LogP contribution in [0.25, 0.3) is 6.08 Å². The molecule has 0 aromatic heterocycles. The number of hydrogen-bond acceptors (Lipinski definition) is 6. The molecule has 9 heteroatoms. The van der Waals surface area contributed by atoms with Crippen molar-refractivity contribution in [3.63, 3.8) is 0 Å². The second kappa shape index (κ2) is 10.3. The Balaban J connectivity index is 1.54. The minimum Gasteiger partial charge on any atom is -0.452 e. The summed E-state index contributed by atoms with van der Waals surface area (Å²) in [5, 5.41) is 2.54. The number of aryl methyl sites for hydroxylation is 1. The van der Waals surface area contributed by atoms with Crippen LogP contribution < -0.4 is 5.32 Å². The Hall–Kier alpha value is -3.01. The van der Waals surface area contributed by atoms with Gasteiger partial charge in [0.15, 0.2) is 6.61 Å². The molecule has 8 nitrogen and oxygen atoms in total. The smallest absolute Gasteiger partial charge is 0.331 e. The highest BCUT2D eigenvalue weighted by Gasteiger charge is 2.26. The quantitative estimate of drug-likeness (QED) is 0.519. The van der Waals surface area contributed by atoms with Gasteiger partial charge in [-0.05, 0) is 36.8 Å². The Kier molecular flexibility index (Phi) is 7.56. The highest BCUT2D eigenvalue weighted by molar-refractivity contribution is 7.89. The molecule has 31 heavy (non-hydrogen) atoms. The van der Waals surface area contributed by atoms with Crippen molar-refractivity contribution < 1.29 is 27.5 Å². The second-order valence-electron chi connectivity index (χ2n) is 6.94. The van der Waals surface area contributed by atoms with Gasteiger partial charge in [-0.25, -0.2) is 13.2 Å². The first-order valence-corrected chi connectivity index (χ1v) is 11.2. The van der Waals surface area contributed by atoms with E-state index >= 15 is 0 Å². The van der Waals surface area contributed by atoms with Crippen LogP contribution in [0.3, 0.4) is 0 Å². The number of nitrogens with one attached hydrogen (secondary N) is 1. The van der Waals surface area contributed by atoms with Gasteiger partial charge in [0.05, 0.1) is 18.1 Å². The fraction of sp³-hybridized carbons (Fsp3) is 0.273. The van der Waals surface area contributed by atoms with Crippen LogP contribution in [0.2, 0.25) is 0 Å². The normalized spacial score (nSPS) is 15.0. The summed E-state index contributed by atoms with van der Waals surface area (Å²) in [5.41, 5.74) is 2.24. The average molecular weight is 445 g/mol. The maximum absolute atomic E-state index is 12.7. The maximum atomic E-state index is 12.7. The monoisotopic (exact) mass is 444 g/mol. The molecule has 1 N–H and O–H groups in total. The SMILES string of the molecule is Cc1ccc(/C=C/C(=O)OCC(=O)Nc2cccc(S(=O)(=O)N3CCOCC3)c2)cc1. The van der Waals surface area contributed by atoms with Crippen molar-refractivity contribution in [2.45, 2.75) is 11.8 Å². The number of rotatable bonds is 7. The molecule has 0 radical (unpaired) electrons. The fourth-order valence-corrected chi connectivity index (χ4v) is 4.35. The first-order chi connectivity index (χ1) is 14.8. The van der Waals surface area contributed by atoms with Crippen molar-refractivity contribution in [3.05, 3.63) is 65.7 Å². The number of carbonyl (C=O) groups excluding carboxylic acids is 2. The Morgan fingerprint density at radius 1 is 1.13 bits per heavy atom. The van der Waals surface area contributed by atoms with Gasteiger partial charge >= 0.3 is 5.97 Å². The maximum Gasteiger partial charge on any atom is 0.331 e. The van der Waals surface area contributed by atoms with Crippen LogP contribution in [0.5, 0.6) is 0 Å². The minimum absolute atomic E-state index is 0.0743. The van der Waals surface area contributed by atoms with Gasteiger partial charge in [0.2, 0.25) is 10.0 Å². The van der Waals surface area contributed by atoms with Crippen LogP contribution in [0.1, 0.15) is 11.1 Å². The lowest BCUT2D eigenvalue weighted by Crippen LogP contribution is -2.40. The summed E-state index contributed by atoms with van der Waals surface area (Å²) in [6.45, 7) is 2.74. The second-order valence-corrected chi connectivity index (χ2v) is 8.88. The average Bonchev–Trinajstić information content (AvgIpc) is 2.78. The number of amides is 1. The van der Waals surface area contributed by atoms with Crippen LogP contribution in [-0.4, -0.2) is 57.5 Å². The zero-order valence-electron chi connectivity index (χ0n) is 17.1. The van der Waals surface area contributed by atoms with Crippen LogP contribution in [-0.2, 0) is 29.1 Å². The molecule has 0 aliphatic carbocycles. The number of hydrogen-bond donors (Lipinski definition) is 1. The Morgan fingerprint density at radius 2 is 1.84 bits per heavy atom. The summed E-state index contributed by atoms with van der Waals surface area (Å²) in [5.74, 6) is -1.22. The summed E-state index contributed by atoms with van der Waals surface area (Å²) < 4.78 is 36.9. The predicted octanol–water partition coefficient (Wildman–Crippen LogP) is 2.21. The number of benzene rings is 2. The number of carbonyl (C=O) groups is 2. The van der Waals surface area contributed by atoms with Crippen LogP contribution in [0.4, 0.5) is 5.69 Å². The van der Waals surface area contributed by atoms with E-state index in [2.05, 4.69) is 5.32 Å². The third-order valence-corrected chi connectivity index (χ3v) is 6.45. The number of morpholine rings is 1. The van der Waals surface area contributed by atoms with Gasteiger partial charge in [0.1, 0.15) is 0 Å². The molecule has 3 rings (SSSR count). The number of nitrogens with zero attached hydrogens (tertiary/aromatic N) is 1. The predicted molar refractivity (Wildman–Crippen MR) is 116 cm³/mol. The Morgan fingerprint density at radius 3 is 2.55 bits per heavy atom. The molecule has 0 saturated carbocycles. The van der Waals surface area contributed by atoms with E-state index in [1.54, 1.807) is 18.2 Å². The molecule has 1 amide bonds. The third-order valence-electron chi connectivity index (χ3n) is 4.56. The molecule has 164 valence electrons. The Bertz CT molecular complexity index is 1060. The van der Waals surface area contributed by atoms with Gasteiger partial charge in [-0.2, -0.15) is 4.31 Å². The van der Waals surface area contributed by atoms with Gasteiger partial charge < -0.3 is 14.8 Å². The van der Waals surface area contributed by atoms with Crippen molar-refractivity contribution in [2.24, 2.45) is 0 Å². The molecule has 2 aromatic rings. The lowest BCUT2D eigenvalue weighted by Gasteiger charge is -2.26. The van der Waals surface area contributed by atoms with Crippen molar-refractivity contribution in [1.29, 1.82) is 0 Å². The topological polar surface area (TPSA) is 102 Å². The number of anilines is 1. The number of sulfonamides is 1. The summed E-state index contributed by atoms with van der Waals surface area (Å²) >= 11 is 0. The molecule has 0 bridgehead atoms. The molecule has 1 fully saturated rings. The van der Waals surface area contributed by atoms with E-state index in [9.17, 15) is 18.0 Å². The first-order valence-electron chi connectivity index (χ1n) is 9.74. The summed E-state index contributed by atoms with van der Waals surface area (Å²) in [6.07, 6.45) is 2.84. The Labute approximate surface area is 181 Å². The summed E-state index contributed by atoms with van der Waals surface area (Å²) in [4.78, 5) is 24.0. The lowest BCUT2D eigenvalue weighted by atomic mass is 10.1. The van der Waals surface area contributed by atoms with Crippen molar-refractivity contribution in [2.75, 3.05) is 38.2 Å². The zero-order valence-corrected chi connectivity index (χ0v) is 17.9. The van der Waals surface area contributed by atoms with Crippen molar-refractivity contribution in [3.8, 4) is 0 Å². The molecule has 0 atom stereocenters. The largest absolute Gasteiger partial charge is 0.452 e. The molecule has 1 heterocycles. The third kappa shape index (κ3) is 6.48. The van der Waals surface area contributed by atoms with Gasteiger partial charge in [0.25, 0.3) is 5.91 Å². The molecule has 2 aromatic carbocycles. The van der Waals surface area contributed by atoms with E-state index in [4.69, 9.17) is 9.47 Å². The molecular weight excluding hydrogens is 420 g/mol. The van der Waals surface area contributed by atoms with E-state index in [1.807, 2.05) is 31.2 Å². The molecule has 1 aliphatic heterocycles. The highest BCUT2D eigenvalue weighted by atomic mass is 32.2. The van der Waals surface area contributed by atoms with E-state index in [0.717, 1.165) is 11.1 Å². The number of esters is 1. The molecule has 1 saturated heterocycles. The molecule has 0 spiro atoms. The molecule has 1 aliphatic rings. The first kappa shape index (κ1) is 22.7. The van der Waals surface area contributed by atoms with Crippen LogP contribution >= 0.6 is 0 Å². The number of ether oxygens (including phenoxy) is 2. The van der Waals surface area contributed by atoms with Gasteiger partial charge in [-0.1, -0.05) is 35.9 Å². The zero-order chi connectivity index (χ0) is 22.3. The fourth-order valence-electron chi connectivity index (χ4n) is 2.89. The van der Waals surface area contributed by atoms with E-state index in [0.29, 0.717) is 18.9 Å². The van der Waals surface area contributed by atoms with Crippen LogP contribution in [0.15, 0.2) is 59.5 Å². The summed E-state index contributed by atoms with van der Waals surface area (Å²) in [6, 6.07) is 13.5.